The SMILES string of the molecule is Cc1cc2c3c4c1c1cc5oc6ccccc6c5cc1n4-c1cc4c(cc1B3N(c1ccc(C(C)(C)C)cc1)c1cc3c(cc1-2)oc1cc2c(cc13)C(C)(C)CCC2(C)C)-c1ccccc1C4(C)C. The predicted molar refractivity (Wildman–Crippen MR) is 291 cm³/mol. The molecule has 2 aliphatic heterocycles. The zero-order chi connectivity index (χ0) is 47.0. The third-order valence-corrected chi connectivity index (χ3v) is 17.7. The third kappa shape index (κ3) is 5.01. The maximum absolute atomic E-state index is 7.08. The molecule has 11 aromatic rings. The number of furan rings is 2. The van der Waals surface area contributed by atoms with E-state index in [1.165, 1.54) is 123 Å². The molecule has 8 aromatic carbocycles. The Kier molecular flexibility index (Phi) is 7.31. The Morgan fingerprint density at radius 3 is 1.97 bits per heavy atom. The number of hydrogen-bond acceptors (Lipinski definition) is 3. The summed E-state index contributed by atoms with van der Waals surface area (Å²) in [5, 5.41) is 7.18. The molecule has 0 N–H and O–H groups in total. The lowest BCUT2D eigenvalue weighted by Crippen LogP contribution is -2.60. The molecule has 0 bridgehead atoms. The Morgan fingerprint density at radius 1 is 0.522 bits per heavy atom. The Hall–Kier alpha value is -6.98. The summed E-state index contributed by atoms with van der Waals surface area (Å²) in [4.78, 5) is 2.69. The van der Waals surface area contributed by atoms with Gasteiger partial charge in [0.15, 0.2) is 0 Å². The van der Waals surface area contributed by atoms with Crippen LogP contribution in [-0.4, -0.2) is 11.4 Å². The van der Waals surface area contributed by atoms with E-state index < -0.39 is 0 Å². The third-order valence-electron chi connectivity index (χ3n) is 17.7. The molecule has 0 fully saturated rings. The van der Waals surface area contributed by atoms with E-state index in [-0.39, 0.29) is 28.5 Å². The van der Waals surface area contributed by atoms with Gasteiger partial charge in [-0.1, -0.05) is 129 Å². The first-order chi connectivity index (χ1) is 33.0. The Morgan fingerprint density at radius 2 is 1.19 bits per heavy atom. The minimum atomic E-state index is -0.173. The highest BCUT2D eigenvalue weighted by Crippen LogP contribution is 2.54. The highest BCUT2D eigenvalue weighted by Gasteiger charge is 2.47. The van der Waals surface area contributed by atoms with Crippen LogP contribution in [0.3, 0.4) is 0 Å². The monoisotopic (exact) mass is 894 g/mol. The van der Waals surface area contributed by atoms with Gasteiger partial charge < -0.3 is 18.2 Å². The van der Waals surface area contributed by atoms with E-state index >= 15 is 0 Å². The van der Waals surface area contributed by atoms with E-state index in [0.717, 1.165) is 39.5 Å². The smallest absolute Gasteiger partial charge is 0.333 e. The van der Waals surface area contributed by atoms with Crippen molar-refractivity contribution in [3.8, 4) is 27.9 Å². The molecule has 69 heavy (non-hydrogen) atoms. The number of aromatic nitrogens is 1. The molecule has 0 spiro atoms. The van der Waals surface area contributed by atoms with Gasteiger partial charge in [-0.2, -0.15) is 0 Å². The standard InChI is InChI=1S/C64H55BN2O2/c1-34-25-44-40-30-55-43(41-26-48-49(33-57(41)69-55)63(7,8)24-23-62(48,5)6)29-52(40)67(36-21-19-35(20-22-36)61(2,3)4)65-50-27-39-37-15-11-13-17-46(37)64(9,10)47(39)32-53(50)66-51-28-42-38-16-12-14-18-54(38)68-56(42)31-45(51)58(34)60(66)59(44)65/h11-22,25-33H,23-24H2,1-10H3. The number of rotatable bonds is 1. The van der Waals surface area contributed by atoms with Crippen molar-refractivity contribution in [2.24, 2.45) is 0 Å². The zero-order valence-electron chi connectivity index (χ0n) is 41.3. The molecule has 0 radical (unpaired) electrons. The molecule has 4 nitrogen and oxygen atoms in total. The van der Waals surface area contributed by atoms with Crippen molar-refractivity contribution in [2.75, 3.05) is 4.81 Å². The van der Waals surface area contributed by atoms with Crippen LogP contribution in [0.15, 0.2) is 136 Å². The molecule has 15 rings (SSSR count). The van der Waals surface area contributed by atoms with Gasteiger partial charge in [0, 0.05) is 60.4 Å². The number of benzene rings is 8. The second kappa shape index (κ2) is 12.6. The molecule has 0 saturated carbocycles. The van der Waals surface area contributed by atoms with E-state index in [1.807, 2.05) is 0 Å². The molecular weight excluding hydrogens is 840 g/mol. The van der Waals surface area contributed by atoms with Crippen LogP contribution >= 0.6 is 0 Å². The lowest BCUT2D eigenvalue weighted by Gasteiger charge is -2.42. The topological polar surface area (TPSA) is 34.5 Å². The number of nitrogens with zero attached hydrogens (tertiary/aromatic N) is 2. The number of anilines is 2. The highest BCUT2D eigenvalue weighted by molar-refractivity contribution is 6.93. The van der Waals surface area contributed by atoms with Crippen LogP contribution in [0.25, 0.3) is 93.6 Å². The summed E-state index contributed by atoms with van der Waals surface area (Å²) >= 11 is 0. The van der Waals surface area contributed by atoms with Gasteiger partial charge in [-0.25, -0.2) is 0 Å². The molecule has 0 saturated heterocycles. The van der Waals surface area contributed by atoms with Crippen molar-refractivity contribution in [1.82, 2.24) is 4.57 Å². The molecule has 3 aromatic heterocycles. The van der Waals surface area contributed by atoms with Gasteiger partial charge in [-0.15, -0.1) is 0 Å². The van der Waals surface area contributed by atoms with Gasteiger partial charge in [0.2, 0.25) is 0 Å². The fourth-order valence-electron chi connectivity index (χ4n) is 13.8. The quantitative estimate of drug-likeness (QED) is 0.154. The summed E-state index contributed by atoms with van der Waals surface area (Å²) < 4.78 is 16.4. The summed E-state index contributed by atoms with van der Waals surface area (Å²) in [6.07, 6.45) is 2.33. The minimum Gasteiger partial charge on any atom is -0.456 e. The molecule has 0 atom stereocenters. The molecule has 5 heterocycles. The average Bonchev–Trinajstić information content (AvgIpc) is 4.04. The van der Waals surface area contributed by atoms with Crippen molar-refractivity contribution >= 4 is 94.8 Å². The summed E-state index contributed by atoms with van der Waals surface area (Å²) in [5.74, 6) is 0. The molecular formula is C64H55BN2O2. The van der Waals surface area contributed by atoms with Gasteiger partial charge in [0.1, 0.15) is 22.3 Å². The van der Waals surface area contributed by atoms with Crippen LogP contribution in [0.4, 0.5) is 11.4 Å². The van der Waals surface area contributed by atoms with Crippen LogP contribution < -0.4 is 15.7 Å². The summed E-state index contributed by atoms with van der Waals surface area (Å²) in [5.41, 5.74) is 25.9. The summed E-state index contributed by atoms with van der Waals surface area (Å²) in [6, 6.07) is 49.2. The Labute approximate surface area is 403 Å². The fourth-order valence-corrected chi connectivity index (χ4v) is 13.8. The molecule has 5 heteroatoms. The van der Waals surface area contributed by atoms with Gasteiger partial charge in [-0.05, 0) is 158 Å². The predicted octanol–water partition coefficient (Wildman–Crippen LogP) is 16.1. The lowest BCUT2D eigenvalue weighted by molar-refractivity contribution is 0.332. The van der Waals surface area contributed by atoms with E-state index in [9.17, 15) is 0 Å². The van der Waals surface area contributed by atoms with E-state index in [0.29, 0.717) is 0 Å². The maximum atomic E-state index is 7.08. The van der Waals surface area contributed by atoms with Crippen molar-refractivity contribution in [3.63, 3.8) is 0 Å². The Bertz CT molecular complexity index is 4160. The van der Waals surface area contributed by atoms with Gasteiger partial charge in [0.05, 0.1) is 11.0 Å². The van der Waals surface area contributed by atoms with Crippen LogP contribution in [0.5, 0.6) is 0 Å². The van der Waals surface area contributed by atoms with Crippen molar-refractivity contribution in [1.29, 1.82) is 0 Å². The fraction of sp³-hybridized carbons (Fsp3) is 0.250. The highest BCUT2D eigenvalue weighted by atomic mass is 16.3. The van der Waals surface area contributed by atoms with E-state index in [1.54, 1.807) is 0 Å². The Balaban J connectivity index is 1.11. The van der Waals surface area contributed by atoms with E-state index in [2.05, 4.69) is 206 Å². The number of hydrogen-bond donors (Lipinski definition) is 0. The minimum absolute atomic E-state index is 0.0155. The second-order valence-corrected chi connectivity index (χ2v) is 24.0. The molecule has 0 unspecified atom stereocenters. The normalized spacial score (nSPS) is 17.0. The zero-order valence-corrected chi connectivity index (χ0v) is 41.3. The van der Waals surface area contributed by atoms with E-state index in [4.69, 9.17) is 8.83 Å². The molecule has 2 aliphatic carbocycles. The van der Waals surface area contributed by atoms with Gasteiger partial charge in [0.25, 0.3) is 0 Å². The van der Waals surface area contributed by atoms with Crippen molar-refractivity contribution < 1.29 is 8.83 Å². The number of para-hydroxylation sites is 1. The molecule has 4 aliphatic rings. The van der Waals surface area contributed by atoms with Crippen molar-refractivity contribution in [2.45, 2.75) is 104 Å². The van der Waals surface area contributed by atoms with Crippen LogP contribution in [-0.2, 0) is 21.7 Å². The van der Waals surface area contributed by atoms with Gasteiger partial charge in [-0.3, -0.25) is 0 Å². The lowest BCUT2D eigenvalue weighted by atomic mass is 9.43. The summed E-state index contributed by atoms with van der Waals surface area (Å²) in [6.45, 7) is 23.6. The second-order valence-electron chi connectivity index (χ2n) is 24.0. The van der Waals surface area contributed by atoms with Crippen LogP contribution in [0.1, 0.15) is 109 Å². The summed E-state index contributed by atoms with van der Waals surface area (Å²) in [7, 11) is 0. The van der Waals surface area contributed by atoms with Gasteiger partial charge >= 0.3 is 6.85 Å². The first-order valence-corrected chi connectivity index (χ1v) is 25.1. The van der Waals surface area contributed by atoms with Crippen LogP contribution in [0.2, 0.25) is 0 Å². The first kappa shape index (κ1) is 40.0. The molecule has 0 amide bonds. The molecule has 336 valence electrons. The largest absolute Gasteiger partial charge is 0.456 e. The number of aryl methyl sites for hydroxylation is 1. The first-order valence-electron chi connectivity index (χ1n) is 25.1. The van der Waals surface area contributed by atoms with Crippen molar-refractivity contribution in [3.05, 3.63) is 161 Å². The average molecular weight is 895 g/mol. The van der Waals surface area contributed by atoms with Crippen LogP contribution in [0, 0.1) is 6.92 Å². The number of fused-ring (bicyclic) bond motifs is 18. The maximum Gasteiger partial charge on any atom is 0.333 e.